The van der Waals surface area contributed by atoms with E-state index in [1.165, 1.54) is 7.05 Å². The van der Waals surface area contributed by atoms with E-state index in [-0.39, 0.29) is 4.86 Å². The Morgan fingerprint density at radius 3 is 2.50 bits per heavy atom. The first-order valence-corrected chi connectivity index (χ1v) is 1.46. The SMILES string of the molecule is CN=[N+]([O-])CO. The predicted octanol–water partition coefficient (Wildman–Crippen LogP) is -0.471. The fraction of sp³-hybridized carbons (Fsp3) is 1.00. The summed E-state index contributed by atoms with van der Waals surface area (Å²) in [7, 11) is 1.31. The van der Waals surface area contributed by atoms with Crippen molar-refractivity contribution in [3.8, 4) is 0 Å². The quantitative estimate of drug-likeness (QED) is 0.205. The Kier molecular flexibility index (Phi) is 2.31. The highest BCUT2D eigenvalue weighted by atomic mass is 16.5. The second-order valence-electron chi connectivity index (χ2n) is 0.694. The van der Waals surface area contributed by atoms with Gasteiger partial charge in [0.05, 0.1) is 7.05 Å². The van der Waals surface area contributed by atoms with Gasteiger partial charge >= 0.3 is 0 Å². The van der Waals surface area contributed by atoms with Gasteiger partial charge in [0.15, 0.2) is 0 Å². The maximum absolute atomic E-state index is 9.68. The maximum Gasteiger partial charge on any atom is 0.281 e. The first-order valence-electron chi connectivity index (χ1n) is 1.46. The fourth-order valence-corrected chi connectivity index (χ4v) is 0.0632. The molecule has 0 aromatic carbocycles. The van der Waals surface area contributed by atoms with Crippen LogP contribution in [0, 0.1) is 5.21 Å². The van der Waals surface area contributed by atoms with E-state index in [4.69, 9.17) is 5.11 Å². The van der Waals surface area contributed by atoms with Gasteiger partial charge in [0.25, 0.3) is 6.73 Å². The third-order valence-corrected chi connectivity index (χ3v) is 0.344. The summed E-state index contributed by atoms with van der Waals surface area (Å²) in [5.41, 5.74) is 0. The minimum absolute atomic E-state index is 0.181. The summed E-state index contributed by atoms with van der Waals surface area (Å²) >= 11 is 0. The first-order chi connectivity index (χ1) is 2.81. The van der Waals surface area contributed by atoms with Crippen LogP contribution in [0.15, 0.2) is 5.11 Å². The fourth-order valence-electron chi connectivity index (χ4n) is 0.0632. The molecular weight excluding hydrogens is 84.0 g/mol. The molecule has 0 aromatic rings. The van der Waals surface area contributed by atoms with Gasteiger partial charge in [0.2, 0.25) is 0 Å². The molecule has 6 heavy (non-hydrogen) atoms. The van der Waals surface area contributed by atoms with Crippen molar-refractivity contribution in [3.63, 3.8) is 0 Å². The second-order valence-corrected chi connectivity index (χ2v) is 0.694. The van der Waals surface area contributed by atoms with Crippen molar-refractivity contribution in [2.75, 3.05) is 13.8 Å². The summed E-state index contributed by atoms with van der Waals surface area (Å²) in [5, 5.41) is 20.6. The summed E-state index contributed by atoms with van der Waals surface area (Å²) in [6.45, 7) is -0.559. The molecule has 0 heterocycles. The highest BCUT2D eigenvalue weighted by Gasteiger charge is 1.77. The van der Waals surface area contributed by atoms with Gasteiger partial charge in [0.1, 0.15) is 0 Å². The Labute approximate surface area is 35.3 Å². The molecule has 36 valence electrons. The Bertz CT molecular complexity index is 60.6. The zero-order chi connectivity index (χ0) is 4.99. The number of aliphatic hydroxyl groups is 1. The van der Waals surface area contributed by atoms with Crippen LogP contribution in [-0.2, 0) is 0 Å². The third kappa shape index (κ3) is 1.66. The lowest BCUT2D eigenvalue weighted by molar-refractivity contribution is -0.564. The Balaban J connectivity index is 3.22. The monoisotopic (exact) mass is 90.0 g/mol. The number of aliphatic hydroxyl groups excluding tert-OH is 1. The van der Waals surface area contributed by atoms with E-state index in [0.29, 0.717) is 0 Å². The van der Waals surface area contributed by atoms with E-state index in [9.17, 15) is 5.21 Å². The molecule has 0 unspecified atom stereocenters. The van der Waals surface area contributed by atoms with Gasteiger partial charge in [0, 0.05) is 0 Å². The molecule has 0 aliphatic carbocycles. The zero-order valence-electron chi connectivity index (χ0n) is 3.46. The summed E-state index contributed by atoms with van der Waals surface area (Å²) < 4.78 is 0. The van der Waals surface area contributed by atoms with E-state index in [1.807, 2.05) is 0 Å². The van der Waals surface area contributed by atoms with Gasteiger partial charge in [-0.1, -0.05) is 4.86 Å². The Hall–Kier alpha value is -0.640. The van der Waals surface area contributed by atoms with Crippen molar-refractivity contribution in [2.24, 2.45) is 5.11 Å². The summed E-state index contributed by atoms with van der Waals surface area (Å²) in [5.74, 6) is 0. The van der Waals surface area contributed by atoms with Crippen LogP contribution < -0.4 is 0 Å². The van der Waals surface area contributed by atoms with Gasteiger partial charge in [-0.2, -0.15) is 0 Å². The molecule has 0 fully saturated rings. The van der Waals surface area contributed by atoms with Crippen LogP contribution in [0.2, 0.25) is 0 Å². The lowest BCUT2D eigenvalue weighted by Crippen LogP contribution is -1.98. The van der Waals surface area contributed by atoms with Crippen molar-refractivity contribution in [1.29, 1.82) is 0 Å². The molecule has 0 saturated carbocycles. The first kappa shape index (κ1) is 5.36. The van der Waals surface area contributed by atoms with Crippen LogP contribution >= 0.6 is 0 Å². The van der Waals surface area contributed by atoms with Gasteiger partial charge in [-0.3, -0.25) is 0 Å². The van der Waals surface area contributed by atoms with Gasteiger partial charge in [-0.25, -0.2) is 0 Å². The van der Waals surface area contributed by atoms with Crippen molar-refractivity contribution in [2.45, 2.75) is 0 Å². The lowest BCUT2D eigenvalue weighted by Gasteiger charge is -1.88. The van der Waals surface area contributed by atoms with E-state index in [1.54, 1.807) is 0 Å². The smallest absolute Gasteiger partial charge is 0.281 e. The number of nitrogens with zero attached hydrogens (tertiary/aromatic N) is 2. The molecule has 0 amide bonds. The van der Waals surface area contributed by atoms with Crippen LogP contribution in [0.5, 0.6) is 0 Å². The normalized spacial score (nSPS) is 12.0. The van der Waals surface area contributed by atoms with Crippen LogP contribution in [0.4, 0.5) is 0 Å². The highest BCUT2D eigenvalue weighted by molar-refractivity contribution is 3.94. The summed E-state index contributed by atoms with van der Waals surface area (Å²) in [6.07, 6.45) is 0. The Morgan fingerprint density at radius 2 is 2.50 bits per heavy atom. The average molecular weight is 90.1 g/mol. The molecule has 4 heteroatoms. The van der Waals surface area contributed by atoms with Crippen LogP contribution in [0.25, 0.3) is 0 Å². The topological polar surface area (TPSA) is 58.7 Å². The molecular formula is C2H6N2O2. The van der Waals surface area contributed by atoms with Crippen molar-refractivity contribution >= 4 is 0 Å². The summed E-state index contributed by atoms with van der Waals surface area (Å²) in [6, 6.07) is 0. The molecule has 0 aromatic heterocycles. The summed E-state index contributed by atoms with van der Waals surface area (Å²) in [4.78, 5) is 0.181. The largest absolute Gasteiger partial charge is 0.598 e. The van der Waals surface area contributed by atoms with Crippen molar-refractivity contribution < 1.29 is 9.97 Å². The number of hydrogen-bond donors (Lipinski definition) is 1. The standard InChI is InChI=1S/C2H6N2O2/c1-3-4(6)2-5/h5H,2H2,1H3. The molecule has 1 N–H and O–H groups in total. The molecule has 0 spiro atoms. The molecule has 0 bridgehead atoms. The van der Waals surface area contributed by atoms with E-state index in [2.05, 4.69) is 5.11 Å². The number of azo groups is 1. The molecule has 4 nitrogen and oxygen atoms in total. The van der Waals surface area contributed by atoms with Gasteiger partial charge in [-0.15, -0.1) is 0 Å². The molecule has 0 atom stereocenters. The van der Waals surface area contributed by atoms with Gasteiger partial charge < -0.3 is 10.3 Å². The number of hydrogen-bond acceptors (Lipinski definition) is 3. The van der Waals surface area contributed by atoms with Crippen LogP contribution in [0.3, 0.4) is 0 Å². The van der Waals surface area contributed by atoms with Crippen LogP contribution in [-0.4, -0.2) is 23.7 Å². The molecule has 0 saturated heterocycles. The lowest BCUT2D eigenvalue weighted by atomic mass is 11.3. The maximum atomic E-state index is 9.68. The van der Waals surface area contributed by atoms with Gasteiger partial charge in [-0.05, 0) is 5.11 Å². The molecule has 0 radical (unpaired) electrons. The van der Waals surface area contributed by atoms with Crippen molar-refractivity contribution in [3.05, 3.63) is 5.21 Å². The highest BCUT2D eigenvalue weighted by Crippen LogP contribution is 1.62. The van der Waals surface area contributed by atoms with E-state index < -0.39 is 6.73 Å². The minimum Gasteiger partial charge on any atom is -0.598 e. The molecule has 0 aliphatic rings. The zero-order valence-corrected chi connectivity index (χ0v) is 3.46. The van der Waals surface area contributed by atoms with Crippen molar-refractivity contribution in [1.82, 2.24) is 0 Å². The predicted molar refractivity (Wildman–Crippen MR) is 19.1 cm³/mol. The molecule has 0 aliphatic heterocycles. The Morgan fingerprint density at radius 1 is 2.00 bits per heavy atom. The van der Waals surface area contributed by atoms with Crippen LogP contribution in [0.1, 0.15) is 0 Å². The number of rotatable bonds is 1. The molecule has 0 rings (SSSR count). The minimum atomic E-state index is -0.559. The third-order valence-electron chi connectivity index (χ3n) is 0.344. The van der Waals surface area contributed by atoms with E-state index in [0.717, 1.165) is 0 Å². The average Bonchev–Trinajstić information content (AvgIpc) is 1.65. The number of hydroxylamine groups is 1. The van der Waals surface area contributed by atoms with E-state index >= 15 is 0 Å². The second kappa shape index (κ2) is 2.59.